The van der Waals surface area contributed by atoms with E-state index in [0.29, 0.717) is 21.5 Å². The number of aromatic nitrogens is 1. The Bertz CT molecular complexity index is 1090. The van der Waals surface area contributed by atoms with Crippen molar-refractivity contribution >= 4 is 22.5 Å². The Kier molecular flexibility index (Phi) is 3.91. The summed E-state index contributed by atoms with van der Waals surface area (Å²) in [5, 5.41) is 3.57. The standard InChI is InChI=1S/C19H14F3N3O2/c20-19(21,22)10-25-16(23-15-8-4-2-6-12(15)18(25)27)13-9-11-5-1-3-7-14(11)24-17(13)26/h1-9,16,23H,10H2,(H,24,26)/t16-/m0/s1. The minimum Gasteiger partial charge on any atom is -0.361 e. The van der Waals surface area contributed by atoms with E-state index in [4.69, 9.17) is 0 Å². The Labute approximate surface area is 151 Å². The van der Waals surface area contributed by atoms with Gasteiger partial charge >= 0.3 is 6.18 Å². The monoisotopic (exact) mass is 373 g/mol. The average Bonchev–Trinajstić information content (AvgIpc) is 2.62. The minimum atomic E-state index is -4.61. The van der Waals surface area contributed by atoms with Gasteiger partial charge in [-0.15, -0.1) is 0 Å². The van der Waals surface area contributed by atoms with E-state index < -0.39 is 30.4 Å². The van der Waals surface area contributed by atoms with Crippen LogP contribution >= 0.6 is 0 Å². The number of fused-ring (bicyclic) bond motifs is 2. The summed E-state index contributed by atoms with van der Waals surface area (Å²) in [6.45, 7) is -1.47. The molecule has 0 aliphatic carbocycles. The number of nitrogens with one attached hydrogen (secondary N) is 2. The van der Waals surface area contributed by atoms with Gasteiger partial charge in [-0.05, 0) is 29.7 Å². The molecule has 2 heterocycles. The molecule has 0 unspecified atom stereocenters. The normalized spacial score (nSPS) is 16.9. The third-order valence-electron chi connectivity index (χ3n) is 4.45. The van der Waals surface area contributed by atoms with Crippen LogP contribution in [0, 0.1) is 0 Å². The molecule has 3 aromatic rings. The first-order chi connectivity index (χ1) is 12.8. The van der Waals surface area contributed by atoms with Gasteiger partial charge in [-0.3, -0.25) is 9.59 Å². The number of hydrogen-bond acceptors (Lipinski definition) is 3. The van der Waals surface area contributed by atoms with Crippen molar-refractivity contribution < 1.29 is 18.0 Å². The molecule has 4 rings (SSSR count). The van der Waals surface area contributed by atoms with Gasteiger partial charge in [0.15, 0.2) is 0 Å². The van der Waals surface area contributed by atoms with Crippen LogP contribution in [-0.4, -0.2) is 28.5 Å². The summed E-state index contributed by atoms with van der Waals surface area (Å²) in [5.41, 5.74) is 0.580. The van der Waals surface area contributed by atoms with Gasteiger partial charge in [0.1, 0.15) is 12.7 Å². The number of carbonyl (C=O) groups is 1. The van der Waals surface area contributed by atoms with Gasteiger partial charge in [-0.2, -0.15) is 13.2 Å². The fourth-order valence-electron chi connectivity index (χ4n) is 3.26. The Morgan fingerprint density at radius 1 is 1.00 bits per heavy atom. The Balaban J connectivity index is 1.87. The van der Waals surface area contributed by atoms with E-state index >= 15 is 0 Å². The Morgan fingerprint density at radius 2 is 1.70 bits per heavy atom. The van der Waals surface area contributed by atoms with E-state index in [1.54, 1.807) is 42.5 Å². The van der Waals surface area contributed by atoms with Gasteiger partial charge in [0.05, 0.1) is 11.1 Å². The second kappa shape index (κ2) is 6.15. The molecule has 1 aliphatic heterocycles. The number of halogens is 3. The molecule has 5 nitrogen and oxygen atoms in total. The fourth-order valence-corrected chi connectivity index (χ4v) is 3.26. The number of H-pyrrole nitrogens is 1. The van der Waals surface area contributed by atoms with Gasteiger partial charge in [-0.25, -0.2) is 0 Å². The highest BCUT2D eigenvalue weighted by Crippen LogP contribution is 2.34. The molecule has 0 radical (unpaired) electrons. The molecule has 0 saturated heterocycles. The molecule has 2 aromatic carbocycles. The second-order valence-corrected chi connectivity index (χ2v) is 6.28. The molecule has 138 valence electrons. The molecule has 27 heavy (non-hydrogen) atoms. The topological polar surface area (TPSA) is 65.2 Å². The summed E-state index contributed by atoms with van der Waals surface area (Å²) in [4.78, 5) is 28.6. The average molecular weight is 373 g/mol. The van der Waals surface area contributed by atoms with E-state index in [2.05, 4.69) is 10.3 Å². The van der Waals surface area contributed by atoms with Crippen molar-refractivity contribution in [3.63, 3.8) is 0 Å². The molecular formula is C19H14F3N3O2. The van der Waals surface area contributed by atoms with Crippen molar-refractivity contribution in [3.8, 4) is 0 Å². The van der Waals surface area contributed by atoms with E-state index in [1.807, 2.05) is 0 Å². The number of rotatable bonds is 2. The smallest absolute Gasteiger partial charge is 0.361 e. The number of alkyl halides is 3. The number of aromatic amines is 1. The number of pyridine rings is 1. The molecule has 1 amide bonds. The molecule has 1 atom stereocenters. The third kappa shape index (κ3) is 3.14. The zero-order valence-electron chi connectivity index (χ0n) is 13.9. The first-order valence-electron chi connectivity index (χ1n) is 8.19. The lowest BCUT2D eigenvalue weighted by Gasteiger charge is -2.38. The highest BCUT2D eigenvalue weighted by molar-refractivity contribution is 6.01. The van der Waals surface area contributed by atoms with Crippen LogP contribution in [0.15, 0.2) is 59.4 Å². The first kappa shape index (κ1) is 17.1. The van der Waals surface area contributed by atoms with Crippen molar-refractivity contribution in [2.24, 2.45) is 0 Å². The summed E-state index contributed by atoms with van der Waals surface area (Å²) in [6.07, 6.45) is -5.84. The van der Waals surface area contributed by atoms with Gasteiger partial charge in [0, 0.05) is 11.2 Å². The minimum absolute atomic E-state index is 0.0424. The van der Waals surface area contributed by atoms with E-state index in [9.17, 15) is 22.8 Å². The lowest BCUT2D eigenvalue weighted by atomic mass is 10.0. The molecule has 8 heteroatoms. The Morgan fingerprint density at radius 3 is 2.48 bits per heavy atom. The van der Waals surface area contributed by atoms with Crippen molar-refractivity contribution in [1.29, 1.82) is 0 Å². The predicted octanol–water partition coefficient (Wildman–Crippen LogP) is 3.66. The molecule has 1 aromatic heterocycles. The highest BCUT2D eigenvalue weighted by atomic mass is 19.4. The quantitative estimate of drug-likeness (QED) is 0.721. The zero-order chi connectivity index (χ0) is 19.2. The first-order valence-corrected chi connectivity index (χ1v) is 8.19. The molecule has 0 fully saturated rings. The summed E-state index contributed by atoms with van der Waals surface area (Å²) in [5.74, 6) is -0.778. The largest absolute Gasteiger partial charge is 0.406 e. The Hall–Kier alpha value is -3.29. The SMILES string of the molecule is O=C1c2ccccc2N[C@H](c2cc3ccccc3[nH]c2=O)N1CC(F)(F)F. The number of para-hydroxylation sites is 2. The van der Waals surface area contributed by atoms with Crippen molar-refractivity contribution in [3.05, 3.63) is 76.1 Å². The summed E-state index contributed by atoms with van der Waals surface area (Å²) >= 11 is 0. The maximum Gasteiger partial charge on any atom is 0.406 e. The molecular weight excluding hydrogens is 359 g/mol. The van der Waals surface area contributed by atoms with Crippen molar-refractivity contribution in [2.75, 3.05) is 11.9 Å². The number of amides is 1. The lowest BCUT2D eigenvalue weighted by Crippen LogP contribution is -2.48. The molecule has 1 aliphatic rings. The van der Waals surface area contributed by atoms with E-state index in [-0.39, 0.29) is 11.1 Å². The van der Waals surface area contributed by atoms with Gasteiger partial charge in [0.25, 0.3) is 11.5 Å². The fraction of sp³-hybridized carbons (Fsp3) is 0.158. The summed E-state index contributed by atoms with van der Waals surface area (Å²) in [7, 11) is 0. The maximum absolute atomic E-state index is 13.1. The van der Waals surface area contributed by atoms with Gasteiger partial charge < -0.3 is 15.2 Å². The summed E-state index contributed by atoms with van der Waals surface area (Å²) in [6, 6.07) is 14.7. The number of hydrogen-bond donors (Lipinski definition) is 2. The predicted molar refractivity (Wildman–Crippen MR) is 94.5 cm³/mol. The van der Waals surface area contributed by atoms with E-state index in [1.165, 1.54) is 12.1 Å². The third-order valence-corrected chi connectivity index (χ3v) is 4.45. The molecule has 0 saturated carbocycles. The van der Waals surface area contributed by atoms with Crippen LogP contribution in [-0.2, 0) is 0 Å². The molecule has 0 spiro atoms. The van der Waals surface area contributed by atoms with Crippen LogP contribution in [0.4, 0.5) is 18.9 Å². The maximum atomic E-state index is 13.1. The van der Waals surface area contributed by atoms with Crippen molar-refractivity contribution in [2.45, 2.75) is 12.3 Å². The van der Waals surface area contributed by atoms with Crippen LogP contribution in [0.25, 0.3) is 10.9 Å². The van der Waals surface area contributed by atoms with E-state index in [0.717, 1.165) is 0 Å². The van der Waals surface area contributed by atoms with Gasteiger partial charge in [0.2, 0.25) is 0 Å². The second-order valence-electron chi connectivity index (χ2n) is 6.28. The molecule has 0 bridgehead atoms. The van der Waals surface area contributed by atoms with Crippen LogP contribution in [0.1, 0.15) is 22.1 Å². The van der Waals surface area contributed by atoms with Crippen LogP contribution in [0.5, 0.6) is 0 Å². The van der Waals surface area contributed by atoms with Gasteiger partial charge in [-0.1, -0.05) is 30.3 Å². The number of anilines is 1. The zero-order valence-corrected chi connectivity index (χ0v) is 13.9. The number of carbonyl (C=O) groups excluding carboxylic acids is 1. The molecule has 2 N–H and O–H groups in total. The van der Waals surface area contributed by atoms with Crippen LogP contribution < -0.4 is 10.9 Å². The number of benzene rings is 2. The number of nitrogens with zero attached hydrogens (tertiary/aromatic N) is 1. The van der Waals surface area contributed by atoms with Crippen molar-refractivity contribution in [1.82, 2.24) is 9.88 Å². The summed E-state index contributed by atoms with van der Waals surface area (Å²) < 4.78 is 39.4. The lowest BCUT2D eigenvalue weighted by molar-refractivity contribution is -0.144. The van der Waals surface area contributed by atoms with Crippen LogP contribution in [0.2, 0.25) is 0 Å². The van der Waals surface area contributed by atoms with Crippen LogP contribution in [0.3, 0.4) is 0 Å². The highest BCUT2D eigenvalue weighted by Gasteiger charge is 2.41.